The summed E-state index contributed by atoms with van der Waals surface area (Å²) in [6, 6.07) is 14.6. The van der Waals surface area contributed by atoms with E-state index in [1.54, 1.807) is 11.9 Å². The van der Waals surface area contributed by atoms with E-state index in [9.17, 15) is 9.18 Å². The number of alkyl halides is 1. The lowest BCUT2D eigenvalue weighted by Crippen LogP contribution is -2.48. The second-order valence-electron chi connectivity index (χ2n) is 9.46. The molecule has 2 heterocycles. The fourth-order valence-corrected chi connectivity index (χ4v) is 5.18. The molecule has 30 heavy (non-hydrogen) atoms. The molecule has 158 valence electrons. The maximum absolute atomic E-state index is 13.3. The van der Waals surface area contributed by atoms with Crippen LogP contribution in [0.25, 0.3) is 0 Å². The monoisotopic (exact) mass is 425 g/mol. The Kier molecular flexibility index (Phi) is 4.92. The number of hydrogen-bond donors (Lipinski definition) is 2. The quantitative estimate of drug-likeness (QED) is 0.653. The van der Waals surface area contributed by atoms with E-state index in [1.165, 1.54) is 24.0 Å². The number of benzene rings is 2. The van der Waals surface area contributed by atoms with Gasteiger partial charge in [0.15, 0.2) is 0 Å². The largest absolute Gasteiger partial charge is 0.377 e. The van der Waals surface area contributed by atoms with E-state index in [-0.39, 0.29) is 17.4 Å². The molecule has 0 aromatic heterocycles. The number of nitrogens with zero attached hydrogens (tertiary/aromatic N) is 1. The molecule has 1 amide bonds. The third-order valence-electron chi connectivity index (χ3n) is 6.34. The number of carbonyl (C=O) groups is 1. The summed E-state index contributed by atoms with van der Waals surface area (Å²) >= 11 is 1.55. The van der Waals surface area contributed by atoms with E-state index in [0.29, 0.717) is 18.3 Å². The third-order valence-corrected chi connectivity index (χ3v) is 7.45. The van der Waals surface area contributed by atoms with Crippen LogP contribution in [0.3, 0.4) is 0 Å². The molecule has 2 aromatic carbocycles. The molecule has 0 radical (unpaired) electrons. The summed E-state index contributed by atoms with van der Waals surface area (Å²) in [7, 11) is 0. The van der Waals surface area contributed by atoms with Crippen molar-refractivity contribution in [2.45, 2.75) is 50.6 Å². The normalized spacial score (nSPS) is 22.6. The van der Waals surface area contributed by atoms with Crippen molar-refractivity contribution < 1.29 is 9.18 Å². The van der Waals surface area contributed by atoms with Crippen LogP contribution in [0.2, 0.25) is 0 Å². The lowest BCUT2D eigenvalue weighted by atomic mass is 9.72. The zero-order chi connectivity index (χ0) is 20.9. The molecular formula is C24H28FN3OS. The molecule has 2 aromatic rings. The van der Waals surface area contributed by atoms with Gasteiger partial charge < -0.3 is 10.2 Å². The van der Waals surface area contributed by atoms with Gasteiger partial charge >= 0.3 is 0 Å². The molecule has 0 spiro atoms. The molecule has 2 aliphatic heterocycles. The lowest BCUT2D eigenvalue weighted by molar-refractivity contribution is 0.0984. The highest BCUT2D eigenvalue weighted by Crippen LogP contribution is 2.45. The van der Waals surface area contributed by atoms with Crippen molar-refractivity contribution in [1.29, 1.82) is 0 Å². The molecule has 0 bridgehead atoms. The molecule has 1 saturated carbocycles. The number of anilines is 2. The standard InChI is InChI=1S/C24H28FN3OS/c1-24(2)12-17-10-16(23(29)27-30-20-7-8-20)6-9-21(17)26-22(24)15-4-3-5-19(11-15)28-13-18(25)14-28/h3-6,9-11,18,20,22,26H,7-8,12-14H2,1-2H3,(H,27,29). The van der Waals surface area contributed by atoms with Crippen LogP contribution >= 0.6 is 11.9 Å². The first-order chi connectivity index (χ1) is 14.4. The minimum atomic E-state index is -0.709. The van der Waals surface area contributed by atoms with Crippen molar-refractivity contribution in [2.75, 3.05) is 23.3 Å². The fraction of sp³-hybridized carbons (Fsp3) is 0.458. The predicted octanol–water partition coefficient (Wildman–Crippen LogP) is 5.12. The summed E-state index contributed by atoms with van der Waals surface area (Å²) in [5.74, 6) is -0.0111. The highest BCUT2D eigenvalue weighted by Gasteiger charge is 2.37. The Bertz CT molecular complexity index is 969. The number of hydrogen-bond acceptors (Lipinski definition) is 4. The Morgan fingerprint density at radius 3 is 2.73 bits per heavy atom. The van der Waals surface area contributed by atoms with Gasteiger partial charge in [-0.1, -0.05) is 26.0 Å². The molecule has 1 aliphatic carbocycles. The van der Waals surface area contributed by atoms with Gasteiger partial charge in [-0.25, -0.2) is 4.39 Å². The molecule has 4 nitrogen and oxygen atoms in total. The second kappa shape index (κ2) is 7.49. The molecule has 1 atom stereocenters. The minimum absolute atomic E-state index is 0.0111. The molecule has 2 fully saturated rings. The van der Waals surface area contributed by atoms with E-state index in [2.05, 4.69) is 53.1 Å². The zero-order valence-electron chi connectivity index (χ0n) is 17.5. The number of fused-ring (bicyclic) bond motifs is 1. The topological polar surface area (TPSA) is 44.4 Å². The van der Waals surface area contributed by atoms with Crippen LogP contribution in [-0.4, -0.2) is 30.4 Å². The second-order valence-corrected chi connectivity index (χ2v) is 10.6. The van der Waals surface area contributed by atoms with Crippen molar-refractivity contribution in [3.63, 3.8) is 0 Å². The Morgan fingerprint density at radius 2 is 2.00 bits per heavy atom. The molecule has 1 saturated heterocycles. The third kappa shape index (κ3) is 3.89. The highest BCUT2D eigenvalue weighted by atomic mass is 32.2. The maximum Gasteiger partial charge on any atom is 0.261 e. The zero-order valence-corrected chi connectivity index (χ0v) is 18.3. The smallest absolute Gasteiger partial charge is 0.261 e. The highest BCUT2D eigenvalue weighted by molar-refractivity contribution is 7.98. The van der Waals surface area contributed by atoms with Gasteiger partial charge in [0.2, 0.25) is 0 Å². The molecule has 3 aliphatic rings. The lowest BCUT2D eigenvalue weighted by Gasteiger charge is -2.42. The predicted molar refractivity (Wildman–Crippen MR) is 122 cm³/mol. The van der Waals surface area contributed by atoms with Gasteiger partial charge in [0.1, 0.15) is 6.17 Å². The van der Waals surface area contributed by atoms with Gasteiger partial charge in [-0.05, 0) is 78.1 Å². The number of rotatable bonds is 5. The van der Waals surface area contributed by atoms with Crippen LogP contribution in [-0.2, 0) is 6.42 Å². The Labute approximate surface area is 181 Å². The van der Waals surface area contributed by atoms with Crippen molar-refractivity contribution in [3.05, 3.63) is 59.2 Å². The van der Waals surface area contributed by atoms with Crippen LogP contribution in [0.4, 0.5) is 15.8 Å². The summed E-state index contributed by atoms with van der Waals surface area (Å²) in [6.45, 7) is 5.49. The Hall–Kier alpha value is -2.21. The number of amides is 1. The van der Waals surface area contributed by atoms with Crippen LogP contribution in [0.1, 0.15) is 54.2 Å². The summed E-state index contributed by atoms with van der Waals surface area (Å²) in [6.07, 6.45) is 2.57. The van der Waals surface area contributed by atoms with Gasteiger partial charge in [-0.3, -0.25) is 9.52 Å². The van der Waals surface area contributed by atoms with Crippen LogP contribution in [0.15, 0.2) is 42.5 Å². The summed E-state index contributed by atoms with van der Waals surface area (Å²) in [5.41, 5.74) is 5.26. The molecule has 2 N–H and O–H groups in total. The number of halogens is 1. The summed E-state index contributed by atoms with van der Waals surface area (Å²) in [4.78, 5) is 14.6. The maximum atomic E-state index is 13.3. The molecular weight excluding hydrogens is 397 g/mol. The first-order valence-corrected chi connectivity index (χ1v) is 11.6. The summed E-state index contributed by atoms with van der Waals surface area (Å²) in [5, 5.41) is 4.30. The van der Waals surface area contributed by atoms with E-state index < -0.39 is 6.17 Å². The van der Waals surface area contributed by atoms with Crippen molar-refractivity contribution in [1.82, 2.24) is 4.72 Å². The van der Waals surface area contributed by atoms with Crippen molar-refractivity contribution in [3.8, 4) is 0 Å². The van der Waals surface area contributed by atoms with Gasteiger partial charge in [-0.2, -0.15) is 0 Å². The molecule has 5 rings (SSSR count). The van der Waals surface area contributed by atoms with E-state index >= 15 is 0 Å². The van der Waals surface area contributed by atoms with Crippen molar-refractivity contribution in [2.24, 2.45) is 5.41 Å². The number of carbonyl (C=O) groups excluding carboxylic acids is 1. The van der Waals surface area contributed by atoms with Gasteiger partial charge in [0.05, 0.1) is 19.1 Å². The molecule has 6 heteroatoms. The van der Waals surface area contributed by atoms with Gasteiger partial charge in [-0.15, -0.1) is 0 Å². The Morgan fingerprint density at radius 1 is 1.20 bits per heavy atom. The Balaban J connectivity index is 1.36. The van der Waals surface area contributed by atoms with Crippen LogP contribution < -0.4 is 14.9 Å². The van der Waals surface area contributed by atoms with Gasteiger partial charge in [0, 0.05) is 22.2 Å². The van der Waals surface area contributed by atoms with Crippen LogP contribution in [0, 0.1) is 5.41 Å². The van der Waals surface area contributed by atoms with Gasteiger partial charge in [0.25, 0.3) is 5.91 Å². The number of nitrogens with one attached hydrogen (secondary N) is 2. The van der Waals surface area contributed by atoms with E-state index in [4.69, 9.17) is 0 Å². The molecule has 1 unspecified atom stereocenters. The minimum Gasteiger partial charge on any atom is -0.377 e. The summed E-state index contributed by atoms with van der Waals surface area (Å²) < 4.78 is 16.3. The van der Waals surface area contributed by atoms with E-state index in [0.717, 1.165) is 23.4 Å². The first-order valence-electron chi connectivity index (χ1n) is 10.7. The average Bonchev–Trinajstić information content (AvgIpc) is 3.52. The SMILES string of the molecule is CC1(C)Cc2cc(C(=O)NSC3CC3)ccc2NC1c1cccc(N2CC(F)C2)c1. The van der Waals surface area contributed by atoms with Crippen molar-refractivity contribution >= 4 is 29.2 Å². The first kappa shape index (κ1) is 19.7. The average molecular weight is 426 g/mol. The van der Waals surface area contributed by atoms with E-state index in [1.807, 2.05) is 18.2 Å². The van der Waals surface area contributed by atoms with Crippen LogP contribution in [0.5, 0.6) is 0 Å². The fourth-order valence-electron chi connectivity index (χ4n) is 4.42.